The minimum absolute atomic E-state index is 0.366. The van der Waals surface area contributed by atoms with E-state index < -0.39 is 35.3 Å². The van der Waals surface area contributed by atoms with Crippen LogP contribution in [0.15, 0.2) is 18.2 Å². The first-order valence-electron chi connectivity index (χ1n) is 4.56. The second-order valence-electron chi connectivity index (χ2n) is 3.21. The van der Waals surface area contributed by atoms with Gasteiger partial charge >= 0.3 is 0 Å². The predicted molar refractivity (Wildman–Crippen MR) is 56.6 cm³/mol. The van der Waals surface area contributed by atoms with Crippen molar-refractivity contribution in [2.75, 3.05) is 0 Å². The summed E-state index contributed by atoms with van der Waals surface area (Å²) in [6.07, 6.45) is -0.217. The summed E-state index contributed by atoms with van der Waals surface area (Å²) in [4.78, 5) is 22.1. The highest BCUT2D eigenvalue weighted by Gasteiger charge is 2.18. The molecule has 1 aromatic carbocycles. The Kier molecular flexibility index (Phi) is 3.92. The molecule has 6 heteroatoms. The lowest BCUT2D eigenvalue weighted by Crippen LogP contribution is -2.19. The van der Waals surface area contributed by atoms with Crippen LogP contribution in [0.1, 0.15) is 12.0 Å². The number of hydrogen-bond acceptors (Lipinski definition) is 4. The number of rotatable bonds is 5. The Balaban J connectivity index is 2.93. The summed E-state index contributed by atoms with van der Waals surface area (Å²) in [5.41, 5.74) is -1.08. The molecule has 2 N–H and O–H groups in total. The van der Waals surface area contributed by atoms with E-state index in [0.717, 1.165) is 12.1 Å². The van der Waals surface area contributed by atoms with Gasteiger partial charge in [-0.2, -0.15) is 0 Å². The van der Waals surface area contributed by atoms with Crippen LogP contribution in [0.3, 0.4) is 0 Å². The van der Waals surface area contributed by atoms with E-state index in [1.54, 1.807) is 0 Å². The molecule has 4 nitrogen and oxygen atoms in total. The maximum Gasteiger partial charge on any atom is 0.188 e. The Morgan fingerprint density at radius 2 is 1.94 bits per heavy atom. The third kappa shape index (κ3) is 3.10. The molecule has 1 rings (SSSR count). The summed E-state index contributed by atoms with van der Waals surface area (Å²) in [6, 6.07) is 2.42. The zero-order valence-corrected chi connectivity index (χ0v) is 8.59. The van der Waals surface area contributed by atoms with Crippen molar-refractivity contribution in [1.29, 1.82) is 10.8 Å². The smallest absolute Gasteiger partial charge is 0.188 e. The van der Waals surface area contributed by atoms with Crippen LogP contribution in [-0.2, 0) is 9.59 Å². The van der Waals surface area contributed by atoms with Gasteiger partial charge in [-0.3, -0.25) is 15.0 Å². The van der Waals surface area contributed by atoms with Gasteiger partial charge in [-0.05, 0) is 12.1 Å². The average Bonchev–Trinajstić information content (AvgIpc) is 2.28. The molecule has 1 aromatic rings. The first kappa shape index (κ1) is 12.8. The van der Waals surface area contributed by atoms with Gasteiger partial charge in [0.15, 0.2) is 11.6 Å². The zero-order chi connectivity index (χ0) is 13.0. The summed E-state index contributed by atoms with van der Waals surface area (Å²) in [7, 11) is 0. The standard InChI is InChI=1S/C11H8F2N2O2/c12-6-1-2-8(9(13)3-6)11(15)10(17)4-7(16)5-14/h1-3,5,14-15H,4H2. The first-order valence-corrected chi connectivity index (χ1v) is 4.56. The number of nitrogens with one attached hydrogen (secondary N) is 2. The molecule has 0 amide bonds. The van der Waals surface area contributed by atoms with Crippen LogP contribution >= 0.6 is 0 Å². The third-order valence-electron chi connectivity index (χ3n) is 1.98. The summed E-state index contributed by atoms with van der Waals surface area (Å²) in [6.45, 7) is 0. The molecule has 0 bridgehead atoms. The van der Waals surface area contributed by atoms with E-state index in [1.165, 1.54) is 0 Å². The number of benzene rings is 1. The molecule has 0 spiro atoms. The van der Waals surface area contributed by atoms with E-state index in [2.05, 4.69) is 0 Å². The SMILES string of the molecule is N=CC(=O)CC(=O)C(=N)c1ccc(F)cc1F. The largest absolute Gasteiger partial charge is 0.305 e. The summed E-state index contributed by atoms with van der Waals surface area (Å²) >= 11 is 0. The van der Waals surface area contributed by atoms with Crippen LogP contribution in [-0.4, -0.2) is 23.5 Å². The third-order valence-corrected chi connectivity index (χ3v) is 1.98. The molecule has 0 radical (unpaired) electrons. The van der Waals surface area contributed by atoms with Gasteiger partial charge < -0.3 is 5.41 Å². The van der Waals surface area contributed by atoms with Crippen molar-refractivity contribution in [2.45, 2.75) is 6.42 Å². The van der Waals surface area contributed by atoms with Crippen molar-refractivity contribution < 1.29 is 18.4 Å². The highest BCUT2D eigenvalue weighted by atomic mass is 19.1. The maximum atomic E-state index is 13.2. The van der Waals surface area contributed by atoms with Gasteiger partial charge in [0.25, 0.3) is 0 Å². The lowest BCUT2D eigenvalue weighted by molar-refractivity contribution is -0.119. The molecular formula is C11H8F2N2O2. The van der Waals surface area contributed by atoms with Crippen molar-refractivity contribution in [3.63, 3.8) is 0 Å². The summed E-state index contributed by atoms with van der Waals surface area (Å²) in [5.74, 6) is -3.54. The van der Waals surface area contributed by atoms with Gasteiger partial charge in [-0.25, -0.2) is 8.78 Å². The first-order chi connectivity index (χ1) is 7.95. The van der Waals surface area contributed by atoms with E-state index in [0.29, 0.717) is 12.3 Å². The summed E-state index contributed by atoms with van der Waals surface area (Å²) in [5, 5.41) is 14.0. The van der Waals surface area contributed by atoms with Crippen molar-refractivity contribution in [2.24, 2.45) is 0 Å². The number of hydrogen-bond donors (Lipinski definition) is 2. The molecule has 17 heavy (non-hydrogen) atoms. The van der Waals surface area contributed by atoms with Crippen molar-refractivity contribution in [3.05, 3.63) is 35.4 Å². The van der Waals surface area contributed by atoms with Crippen LogP contribution in [0.2, 0.25) is 0 Å². The molecule has 0 saturated heterocycles. The molecule has 0 heterocycles. The maximum absolute atomic E-state index is 13.2. The molecule has 0 aliphatic heterocycles. The normalized spacial score (nSPS) is 9.76. The van der Waals surface area contributed by atoms with Crippen LogP contribution in [0, 0.1) is 22.5 Å². The Bertz CT molecular complexity index is 512. The monoisotopic (exact) mass is 238 g/mol. The Labute approximate surface area is 95.3 Å². The molecule has 88 valence electrons. The van der Waals surface area contributed by atoms with E-state index >= 15 is 0 Å². The second kappa shape index (κ2) is 5.20. The number of Topliss-reactive ketones (excluding diaryl/α,β-unsaturated/α-hetero) is 2. The molecular weight excluding hydrogens is 230 g/mol. The fourth-order valence-corrected chi connectivity index (χ4v) is 1.14. The minimum atomic E-state index is -1.04. The average molecular weight is 238 g/mol. The molecule has 0 unspecified atom stereocenters. The summed E-state index contributed by atoms with van der Waals surface area (Å²) < 4.78 is 25.8. The fourth-order valence-electron chi connectivity index (χ4n) is 1.14. The van der Waals surface area contributed by atoms with E-state index in [4.69, 9.17) is 10.8 Å². The highest BCUT2D eigenvalue weighted by molar-refractivity contribution is 6.50. The van der Waals surface area contributed by atoms with Gasteiger partial charge in [0, 0.05) is 11.6 Å². The van der Waals surface area contributed by atoms with Crippen molar-refractivity contribution >= 4 is 23.5 Å². The molecule has 0 fully saturated rings. The second-order valence-corrected chi connectivity index (χ2v) is 3.21. The molecule has 0 atom stereocenters. The fraction of sp³-hybridized carbons (Fsp3) is 0.0909. The van der Waals surface area contributed by atoms with Gasteiger partial charge in [0.05, 0.1) is 12.6 Å². The minimum Gasteiger partial charge on any atom is -0.305 e. The van der Waals surface area contributed by atoms with Gasteiger partial charge in [0.1, 0.15) is 17.3 Å². The highest BCUT2D eigenvalue weighted by Crippen LogP contribution is 2.11. The quantitative estimate of drug-likeness (QED) is 0.602. The van der Waals surface area contributed by atoms with Crippen LogP contribution in [0.25, 0.3) is 0 Å². The van der Waals surface area contributed by atoms with E-state index in [-0.39, 0.29) is 5.56 Å². The number of carbonyl (C=O) groups is 2. The molecule has 0 aliphatic carbocycles. The number of halogens is 2. The molecule has 0 saturated carbocycles. The van der Waals surface area contributed by atoms with E-state index in [1.807, 2.05) is 0 Å². The Morgan fingerprint density at radius 3 is 2.47 bits per heavy atom. The molecule has 0 aliphatic rings. The van der Waals surface area contributed by atoms with Crippen LogP contribution in [0.4, 0.5) is 8.78 Å². The zero-order valence-electron chi connectivity index (χ0n) is 8.59. The van der Waals surface area contributed by atoms with Gasteiger partial charge in [0.2, 0.25) is 0 Å². The molecule has 0 aromatic heterocycles. The lowest BCUT2D eigenvalue weighted by Gasteiger charge is -2.03. The predicted octanol–water partition coefficient (Wildman–Crippen LogP) is 1.51. The number of ketones is 2. The van der Waals surface area contributed by atoms with Crippen molar-refractivity contribution in [1.82, 2.24) is 0 Å². The Hall–Kier alpha value is -2.24. The van der Waals surface area contributed by atoms with E-state index in [9.17, 15) is 18.4 Å². The van der Waals surface area contributed by atoms with Gasteiger partial charge in [-0.15, -0.1) is 0 Å². The van der Waals surface area contributed by atoms with Crippen molar-refractivity contribution in [3.8, 4) is 0 Å². The number of carbonyl (C=O) groups excluding carboxylic acids is 2. The Morgan fingerprint density at radius 1 is 1.29 bits per heavy atom. The lowest BCUT2D eigenvalue weighted by atomic mass is 10.0. The topological polar surface area (TPSA) is 81.8 Å². The van der Waals surface area contributed by atoms with Crippen LogP contribution in [0.5, 0.6) is 0 Å². The van der Waals surface area contributed by atoms with Crippen LogP contribution < -0.4 is 0 Å². The van der Waals surface area contributed by atoms with Gasteiger partial charge in [-0.1, -0.05) is 0 Å².